The van der Waals surface area contributed by atoms with Gasteiger partial charge in [-0.1, -0.05) is 32.8 Å². The zero-order valence-corrected chi connectivity index (χ0v) is 12.1. The predicted octanol–water partition coefficient (Wildman–Crippen LogP) is 3.92. The first-order valence-electron chi connectivity index (χ1n) is 7.49. The van der Waals surface area contributed by atoms with Gasteiger partial charge in [0.15, 0.2) is 0 Å². The highest BCUT2D eigenvalue weighted by molar-refractivity contribution is 5.03. The molecule has 0 spiro atoms. The molecule has 0 aliphatic carbocycles. The minimum Gasteiger partial charge on any atom is -0.303 e. The van der Waals surface area contributed by atoms with Crippen molar-refractivity contribution in [1.82, 2.24) is 9.88 Å². The van der Waals surface area contributed by atoms with Crippen molar-refractivity contribution in [2.24, 2.45) is 0 Å². The van der Waals surface area contributed by atoms with Crippen LogP contribution in [0.2, 0.25) is 0 Å². The maximum absolute atomic E-state index is 4.38. The van der Waals surface area contributed by atoms with Gasteiger partial charge in [0, 0.05) is 11.9 Å². The fraction of sp³-hybridized carbons (Fsp3) is 0.688. The van der Waals surface area contributed by atoms with E-state index in [4.69, 9.17) is 0 Å². The summed E-state index contributed by atoms with van der Waals surface area (Å²) < 4.78 is 0. The van der Waals surface area contributed by atoms with Gasteiger partial charge in [-0.2, -0.15) is 0 Å². The molecule has 0 aliphatic rings. The van der Waals surface area contributed by atoms with Crippen LogP contribution in [0.5, 0.6) is 0 Å². The Balaban J connectivity index is 2.23. The Hall–Kier alpha value is -0.890. The highest BCUT2D eigenvalue weighted by atomic mass is 15.1. The molecule has 1 aromatic rings. The SMILES string of the molecule is CCCCN(CCCC)CCCc1ccccn1. The molecular weight excluding hydrogens is 220 g/mol. The van der Waals surface area contributed by atoms with E-state index in [1.54, 1.807) is 0 Å². The smallest absolute Gasteiger partial charge is 0.0404 e. The first kappa shape index (κ1) is 15.2. The fourth-order valence-corrected chi connectivity index (χ4v) is 2.13. The van der Waals surface area contributed by atoms with Gasteiger partial charge in [0.1, 0.15) is 0 Å². The number of aryl methyl sites for hydroxylation is 1. The van der Waals surface area contributed by atoms with Crippen LogP contribution in [0.3, 0.4) is 0 Å². The summed E-state index contributed by atoms with van der Waals surface area (Å²) in [4.78, 5) is 7.00. The molecule has 0 atom stereocenters. The van der Waals surface area contributed by atoms with Gasteiger partial charge in [-0.05, 0) is 57.5 Å². The van der Waals surface area contributed by atoms with Gasteiger partial charge in [-0.25, -0.2) is 0 Å². The van der Waals surface area contributed by atoms with Gasteiger partial charge < -0.3 is 4.90 Å². The van der Waals surface area contributed by atoms with Crippen molar-refractivity contribution >= 4 is 0 Å². The summed E-state index contributed by atoms with van der Waals surface area (Å²) in [5.74, 6) is 0. The zero-order valence-electron chi connectivity index (χ0n) is 12.1. The predicted molar refractivity (Wildman–Crippen MR) is 78.8 cm³/mol. The molecule has 18 heavy (non-hydrogen) atoms. The molecule has 1 heterocycles. The molecule has 0 radical (unpaired) electrons. The molecule has 1 aromatic heterocycles. The normalized spacial score (nSPS) is 11.1. The Labute approximate surface area is 112 Å². The maximum Gasteiger partial charge on any atom is 0.0404 e. The van der Waals surface area contributed by atoms with Gasteiger partial charge in [-0.15, -0.1) is 0 Å². The summed E-state index contributed by atoms with van der Waals surface area (Å²) in [7, 11) is 0. The standard InChI is InChI=1S/C16H28N2/c1-3-5-13-18(14-6-4-2)15-9-11-16-10-7-8-12-17-16/h7-8,10,12H,3-6,9,11,13-15H2,1-2H3. The summed E-state index contributed by atoms with van der Waals surface area (Å²) in [6, 6.07) is 6.19. The molecule has 0 saturated heterocycles. The minimum atomic E-state index is 1.11. The molecule has 0 N–H and O–H groups in total. The van der Waals surface area contributed by atoms with Gasteiger partial charge >= 0.3 is 0 Å². The topological polar surface area (TPSA) is 16.1 Å². The quantitative estimate of drug-likeness (QED) is 0.624. The fourth-order valence-electron chi connectivity index (χ4n) is 2.13. The second-order valence-corrected chi connectivity index (χ2v) is 4.97. The van der Waals surface area contributed by atoms with E-state index in [1.165, 1.54) is 57.4 Å². The average molecular weight is 248 g/mol. The van der Waals surface area contributed by atoms with Crippen molar-refractivity contribution in [1.29, 1.82) is 0 Å². The third kappa shape index (κ3) is 6.75. The molecule has 0 aliphatic heterocycles. The van der Waals surface area contributed by atoms with Crippen LogP contribution in [0.4, 0.5) is 0 Å². The molecule has 0 unspecified atom stereocenters. The zero-order chi connectivity index (χ0) is 13.1. The average Bonchev–Trinajstić information content (AvgIpc) is 2.42. The van der Waals surface area contributed by atoms with E-state index in [-0.39, 0.29) is 0 Å². The Morgan fingerprint density at radius 1 is 0.944 bits per heavy atom. The Kier molecular flexibility index (Phi) is 8.49. The van der Waals surface area contributed by atoms with Crippen LogP contribution in [0.25, 0.3) is 0 Å². The number of hydrogen-bond donors (Lipinski definition) is 0. The van der Waals surface area contributed by atoms with E-state index in [0.717, 1.165) is 6.42 Å². The Bertz CT molecular complexity index is 276. The van der Waals surface area contributed by atoms with Crippen molar-refractivity contribution in [3.63, 3.8) is 0 Å². The lowest BCUT2D eigenvalue weighted by atomic mass is 10.2. The van der Waals surface area contributed by atoms with E-state index in [9.17, 15) is 0 Å². The van der Waals surface area contributed by atoms with E-state index < -0.39 is 0 Å². The van der Waals surface area contributed by atoms with E-state index in [1.807, 2.05) is 12.3 Å². The van der Waals surface area contributed by atoms with Crippen molar-refractivity contribution in [3.8, 4) is 0 Å². The molecule has 2 nitrogen and oxygen atoms in total. The number of hydrogen-bond acceptors (Lipinski definition) is 2. The second kappa shape index (κ2) is 10.1. The highest BCUT2D eigenvalue weighted by Gasteiger charge is 2.03. The summed E-state index contributed by atoms with van der Waals surface area (Å²) in [6.07, 6.45) is 9.47. The summed E-state index contributed by atoms with van der Waals surface area (Å²) in [5.41, 5.74) is 1.23. The molecule has 102 valence electrons. The lowest BCUT2D eigenvalue weighted by molar-refractivity contribution is 0.262. The third-order valence-electron chi connectivity index (χ3n) is 3.29. The van der Waals surface area contributed by atoms with Gasteiger partial charge in [-0.3, -0.25) is 4.98 Å². The minimum absolute atomic E-state index is 1.11. The molecule has 2 heteroatoms. The molecule has 0 bridgehead atoms. The van der Waals surface area contributed by atoms with Gasteiger partial charge in [0.25, 0.3) is 0 Å². The number of unbranched alkanes of at least 4 members (excludes halogenated alkanes) is 2. The molecular formula is C16H28N2. The summed E-state index contributed by atoms with van der Waals surface area (Å²) in [6.45, 7) is 8.28. The largest absolute Gasteiger partial charge is 0.303 e. The highest BCUT2D eigenvalue weighted by Crippen LogP contribution is 2.04. The van der Waals surface area contributed by atoms with Crippen LogP contribution in [0, 0.1) is 0 Å². The van der Waals surface area contributed by atoms with E-state index >= 15 is 0 Å². The van der Waals surface area contributed by atoms with Crippen molar-refractivity contribution in [2.75, 3.05) is 19.6 Å². The van der Waals surface area contributed by atoms with Gasteiger partial charge in [0.2, 0.25) is 0 Å². The van der Waals surface area contributed by atoms with Gasteiger partial charge in [0.05, 0.1) is 0 Å². The second-order valence-electron chi connectivity index (χ2n) is 4.97. The first-order valence-corrected chi connectivity index (χ1v) is 7.49. The summed E-state index contributed by atoms with van der Waals surface area (Å²) in [5, 5.41) is 0. The monoisotopic (exact) mass is 248 g/mol. The number of nitrogens with zero attached hydrogens (tertiary/aromatic N) is 2. The lowest BCUT2D eigenvalue weighted by Gasteiger charge is -2.21. The van der Waals surface area contributed by atoms with Crippen LogP contribution in [0.15, 0.2) is 24.4 Å². The molecule has 0 amide bonds. The number of aromatic nitrogens is 1. The van der Waals surface area contributed by atoms with Crippen LogP contribution in [0.1, 0.15) is 51.6 Å². The molecule has 0 fully saturated rings. The first-order chi connectivity index (χ1) is 8.86. The Morgan fingerprint density at radius 2 is 1.61 bits per heavy atom. The number of pyridine rings is 1. The maximum atomic E-state index is 4.38. The number of rotatable bonds is 10. The van der Waals surface area contributed by atoms with E-state index in [0.29, 0.717) is 0 Å². The van der Waals surface area contributed by atoms with Crippen LogP contribution in [-0.2, 0) is 6.42 Å². The van der Waals surface area contributed by atoms with Crippen LogP contribution < -0.4 is 0 Å². The van der Waals surface area contributed by atoms with Crippen molar-refractivity contribution in [2.45, 2.75) is 52.4 Å². The molecule has 0 aromatic carbocycles. The lowest BCUT2D eigenvalue weighted by Crippen LogP contribution is -2.27. The van der Waals surface area contributed by atoms with E-state index in [2.05, 4.69) is 35.9 Å². The van der Waals surface area contributed by atoms with Crippen molar-refractivity contribution < 1.29 is 0 Å². The summed E-state index contributed by atoms with van der Waals surface area (Å²) >= 11 is 0. The molecule has 0 saturated carbocycles. The third-order valence-corrected chi connectivity index (χ3v) is 3.29. The Morgan fingerprint density at radius 3 is 2.17 bits per heavy atom. The van der Waals surface area contributed by atoms with Crippen molar-refractivity contribution in [3.05, 3.63) is 30.1 Å². The molecule has 1 rings (SSSR count). The van der Waals surface area contributed by atoms with Crippen LogP contribution >= 0.6 is 0 Å². The van der Waals surface area contributed by atoms with Crippen LogP contribution in [-0.4, -0.2) is 29.5 Å².